The van der Waals surface area contributed by atoms with Gasteiger partial charge in [-0.15, -0.1) is 0 Å². The minimum Gasteiger partial charge on any atom is -0.355 e. The van der Waals surface area contributed by atoms with Gasteiger partial charge in [-0.1, -0.05) is 36.8 Å². The zero-order valence-corrected chi connectivity index (χ0v) is 13.4. The Morgan fingerprint density at radius 3 is 2.59 bits per heavy atom. The SMILES string of the molecule is CCCNC(=O)CN1C(=O)S/C(=C\c2ccc(C)cc2)C1=O. The van der Waals surface area contributed by atoms with Crippen molar-refractivity contribution in [1.29, 1.82) is 0 Å². The van der Waals surface area contributed by atoms with E-state index in [0.29, 0.717) is 11.4 Å². The Morgan fingerprint density at radius 2 is 1.95 bits per heavy atom. The summed E-state index contributed by atoms with van der Waals surface area (Å²) < 4.78 is 0. The van der Waals surface area contributed by atoms with Crippen molar-refractivity contribution in [3.8, 4) is 0 Å². The van der Waals surface area contributed by atoms with Gasteiger partial charge in [-0.2, -0.15) is 0 Å². The molecule has 6 heteroatoms. The van der Waals surface area contributed by atoms with Crippen molar-refractivity contribution < 1.29 is 14.4 Å². The molecule has 22 heavy (non-hydrogen) atoms. The fourth-order valence-corrected chi connectivity index (χ4v) is 2.75. The van der Waals surface area contributed by atoms with Gasteiger partial charge in [0.15, 0.2) is 0 Å². The lowest BCUT2D eigenvalue weighted by Gasteiger charge is -2.11. The number of nitrogens with zero attached hydrogens (tertiary/aromatic N) is 1. The number of nitrogens with one attached hydrogen (secondary N) is 1. The van der Waals surface area contributed by atoms with Crippen molar-refractivity contribution >= 4 is 34.9 Å². The lowest BCUT2D eigenvalue weighted by atomic mass is 10.1. The Morgan fingerprint density at radius 1 is 1.27 bits per heavy atom. The summed E-state index contributed by atoms with van der Waals surface area (Å²) in [5.74, 6) is -0.733. The first-order valence-corrected chi connectivity index (χ1v) is 7.91. The van der Waals surface area contributed by atoms with Gasteiger partial charge < -0.3 is 5.32 Å². The number of hydrogen-bond acceptors (Lipinski definition) is 4. The Bertz CT molecular complexity index is 623. The highest BCUT2D eigenvalue weighted by Gasteiger charge is 2.36. The second kappa shape index (κ2) is 7.26. The van der Waals surface area contributed by atoms with E-state index in [1.165, 1.54) is 0 Å². The third kappa shape index (κ3) is 3.98. The number of amides is 3. The van der Waals surface area contributed by atoms with Crippen LogP contribution in [-0.4, -0.2) is 35.0 Å². The van der Waals surface area contributed by atoms with Gasteiger partial charge in [0.25, 0.3) is 11.1 Å². The van der Waals surface area contributed by atoms with Crippen molar-refractivity contribution in [2.45, 2.75) is 20.3 Å². The number of benzene rings is 1. The van der Waals surface area contributed by atoms with Crippen LogP contribution in [0.3, 0.4) is 0 Å². The number of hydrogen-bond donors (Lipinski definition) is 1. The van der Waals surface area contributed by atoms with Crippen molar-refractivity contribution in [2.75, 3.05) is 13.1 Å². The molecule has 0 atom stereocenters. The van der Waals surface area contributed by atoms with Crippen LogP contribution in [0.1, 0.15) is 24.5 Å². The van der Waals surface area contributed by atoms with E-state index < -0.39 is 11.1 Å². The molecule has 0 bridgehead atoms. The summed E-state index contributed by atoms with van der Waals surface area (Å²) >= 11 is 0.865. The van der Waals surface area contributed by atoms with E-state index in [2.05, 4.69) is 5.32 Å². The van der Waals surface area contributed by atoms with E-state index in [0.717, 1.165) is 34.2 Å². The highest BCUT2D eigenvalue weighted by Crippen LogP contribution is 2.31. The zero-order valence-electron chi connectivity index (χ0n) is 12.6. The molecule has 1 fully saturated rings. The first-order valence-electron chi connectivity index (χ1n) is 7.10. The van der Waals surface area contributed by atoms with Gasteiger partial charge in [-0.05, 0) is 36.7 Å². The van der Waals surface area contributed by atoms with E-state index >= 15 is 0 Å². The Kier molecular flexibility index (Phi) is 5.38. The molecule has 1 N–H and O–H groups in total. The molecule has 1 saturated heterocycles. The number of thioether (sulfide) groups is 1. The van der Waals surface area contributed by atoms with Crippen LogP contribution in [0.15, 0.2) is 29.2 Å². The topological polar surface area (TPSA) is 66.5 Å². The van der Waals surface area contributed by atoms with Crippen LogP contribution in [0.25, 0.3) is 6.08 Å². The average molecular weight is 318 g/mol. The van der Waals surface area contributed by atoms with Crippen molar-refractivity contribution in [2.24, 2.45) is 0 Å². The van der Waals surface area contributed by atoms with Crippen LogP contribution in [0, 0.1) is 6.92 Å². The van der Waals surface area contributed by atoms with E-state index in [9.17, 15) is 14.4 Å². The molecule has 1 aromatic carbocycles. The molecule has 2 rings (SSSR count). The third-order valence-corrected chi connectivity index (χ3v) is 4.03. The van der Waals surface area contributed by atoms with Crippen LogP contribution in [0.4, 0.5) is 4.79 Å². The summed E-state index contributed by atoms with van der Waals surface area (Å²) in [7, 11) is 0. The van der Waals surface area contributed by atoms with Crippen molar-refractivity contribution in [1.82, 2.24) is 10.2 Å². The standard InChI is InChI=1S/C16H18N2O3S/c1-3-8-17-14(19)10-18-15(20)13(22-16(18)21)9-12-6-4-11(2)5-7-12/h4-7,9H,3,8,10H2,1-2H3,(H,17,19)/b13-9-. The molecule has 1 aliphatic heterocycles. The molecule has 1 aromatic rings. The van der Waals surface area contributed by atoms with E-state index in [4.69, 9.17) is 0 Å². The molecular formula is C16H18N2O3S. The van der Waals surface area contributed by atoms with E-state index in [1.807, 2.05) is 38.1 Å². The molecule has 1 aliphatic rings. The Labute approximate surface area is 133 Å². The molecular weight excluding hydrogens is 300 g/mol. The van der Waals surface area contributed by atoms with Crippen LogP contribution in [-0.2, 0) is 9.59 Å². The summed E-state index contributed by atoms with van der Waals surface area (Å²) in [4.78, 5) is 37.1. The van der Waals surface area contributed by atoms with Gasteiger partial charge in [0.1, 0.15) is 6.54 Å². The first kappa shape index (κ1) is 16.3. The van der Waals surface area contributed by atoms with Gasteiger partial charge in [-0.3, -0.25) is 19.3 Å². The largest absolute Gasteiger partial charge is 0.355 e. The van der Waals surface area contributed by atoms with E-state index in [-0.39, 0.29) is 12.5 Å². The zero-order chi connectivity index (χ0) is 16.1. The molecule has 5 nitrogen and oxygen atoms in total. The lowest BCUT2D eigenvalue weighted by molar-refractivity contribution is -0.129. The summed E-state index contributed by atoms with van der Waals surface area (Å²) in [5.41, 5.74) is 1.98. The summed E-state index contributed by atoms with van der Waals surface area (Å²) in [5, 5.41) is 2.25. The third-order valence-electron chi connectivity index (χ3n) is 3.12. The average Bonchev–Trinajstić information content (AvgIpc) is 2.75. The number of imide groups is 1. The number of carbonyl (C=O) groups is 3. The normalized spacial score (nSPS) is 16.5. The Balaban J connectivity index is 2.08. The minimum atomic E-state index is -0.415. The molecule has 0 radical (unpaired) electrons. The predicted octanol–water partition coefficient (Wildman–Crippen LogP) is 2.56. The molecule has 0 saturated carbocycles. The molecule has 0 aliphatic carbocycles. The van der Waals surface area contributed by atoms with Crippen LogP contribution >= 0.6 is 11.8 Å². The predicted molar refractivity (Wildman–Crippen MR) is 87.2 cm³/mol. The maximum atomic E-state index is 12.2. The second-order valence-corrected chi connectivity index (χ2v) is 6.02. The van der Waals surface area contributed by atoms with Gasteiger partial charge in [0.05, 0.1) is 4.91 Å². The molecule has 1 heterocycles. The monoisotopic (exact) mass is 318 g/mol. The number of rotatable bonds is 5. The summed E-state index contributed by atoms with van der Waals surface area (Å²) in [6.07, 6.45) is 2.48. The maximum Gasteiger partial charge on any atom is 0.294 e. The first-order chi connectivity index (χ1) is 10.5. The van der Waals surface area contributed by atoms with Crippen LogP contribution in [0.2, 0.25) is 0 Å². The fraction of sp³-hybridized carbons (Fsp3) is 0.312. The molecule has 0 spiro atoms. The van der Waals surface area contributed by atoms with E-state index in [1.54, 1.807) is 6.08 Å². The molecule has 116 valence electrons. The lowest BCUT2D eigenvalue weighted by Crippen LogP contribution is -2.39. The summed E-state index contributed by atoms with van der Waals surface area (Å²) in [6, 6.07) is 7.65. The highest BCUT2D eigenvalue weighted by atomic mass is 32.2. The molecule has 0 unspecified atom stereocenters. The van der Waals surface area contributed by atoms with Crippen molar-refractivity contribution in [3.63, 3.8) is 0 Å². The second-order valence-electron chi connectivity index (χ2n) is 5.03. The Hall–Kier alpha value is -2.08. The summed E-state index contributed by atoms with van der Waals surface area (Å²) in [6.45, 7) is 4.22. The van der Waals surface area contributed by atoms with Gasteiger partial charge >= 0.3 is 0 Å². The molecule has 0 aromatic heterocycles. The quantitative estimate of drug-likeness (QED) is 0.847. The van der Waals surface area contributed by atoms with Crippen LogP contribution < -0.4 is 5.32 Å². The van der Waals surface area contributed by atoms with Gasteiger partial charge in [0, 0.05) is 6.54 Å². The minimum absolute atomic E-state index is 0.226. The number of carbonyl (C=O) groups excluding carboxylic acids is 3. The fourth-order valence-electron chi connectivity index (χ4n) is 1.91. The van der Waals surface area contributed by atoms with Gasteiger partial charge in [0.2, 0.25) is 5.91 Å². The highest BCUT2D eigenvalue weighted by molar-refractivity contribution is 8.18. The number of aryl methyl sites for hydroxylation is 1. The van der Waals surface area contributed by atoms with Crippen LogP contribution in [0.5, 0.6) is 0 Å². The maximum absolute atomic E-state index is 12.2. The molecule has 3 amide bonds. The smallest absolute Gasteiger partial charge is 0.294 e. The van der Waals surface area contributed by atoms with Crippen molar-refractivity contribution in [3.05, 3.63) is 40.3 Å². The van der Waals surface area contributed by atoms with Gasteiger partial charge in [-0.25, -0.2) is 0 Å².